The Morgan fingerprint density at radius 1 is 1.33 bits per heavy atom. The number of morpholine rings is 1. The second kappa shape index (κ2) is 8.70. The summed E-state index contributed by atoms with van der Waals surface area (Å²) >= 11 is 6.41. The molecule has 2 rings (SSSR count). The predicted molar refractivity (Wildman–Crippen MR) is 96.8 cm³/mol. The number of nitrogens with zero attached hydrogens (tertiary/aromatic N) is 1. The van der Waals surface area contributed by atoms with Crippen molar-refractivity contribution in [3.8, 4) is 0 Å². The van der Waals surface area contributed by atoms with Gasteiger partial charge in [-0.25, -0.2) is 0 Å². The summed E-state index contributed by atoms with van der Waals surface area (Å²) in [5.41, 5.74) is 1.40. The van der Waals surface area contributed by atoms with Crippen LogP contribution in [0.2, 0.25) is 5.02 Å². The fourth-order valence-electron chi connectivity index (χ4n) is 3.13. The van der Waals surface area contributed by atoms with E-state index >= 15 is 0 Å². The Balaban J connectivity index is 2.10. The lowest BCUT2D eigenvalue weighted by atomic mass is 9.82. The van der Waals surface area contributed by atoms with Crippen molar-refractivity contribution in [2.75, 3.05) is 37.7 Å². The number of ether oxygens (including phenoxy) is 1. The number of carboxylic acids is 1. The summed E-state index contributed by atoms with van der Waals surface area (Å²) in [4.78, 5) is 13.9. The number of hydrogen-bond donors (Lipinski definition) is 2. The van der Waals surface area contributed by atoms with E-state index in [4.69, 9.17) is 16.3 Å². The van der Waals surface area contributed by atoms with Gasteiger partial charge >= 0.3 is 5.97 Å². The first-order valence-electron chi connectivity index (χ1n) is 8.58. The lowest BCUT2D eigenvalue weighted by Crippen LogP contribution is -2.40. The van der Waals surface area contributed by atoms with Gasteiger partial charge in [0, 0.05) is 42.5 Å². The van der Waals surface area contributed by atoms with Gasteiger partial charge in [-0.05, 0) is 25.0 Å². The molecule has 0 atom stereocenters. The summed E-state index contributed by atoms with van der Waals surface area (Å²) in [5, 5.41) is 13.6. The van der Waals surface area contributed by atoms with Gasteiger partial charge in [-0.2, -0.15) is 0 Å². The number of hydrogen-bond acceptors (Lipinski definition) is 4. The van der Waals surface area contributed by atoms with Gasteiger partial charge in [0.15, 0.2) is 0 Å². The highest BCUT2D eigenvalue weighted by Gasteiger charge is 2.34. The normalized spacial score (nSPS) is 15.5. The van der Waals surface area contributed by atoms with Crippen LogP contribution < -0.4 is 10.2 Å². The van der Waals surface area contributed by atoms with Crippen molar-refractivity contribution >= 4 is 23.3 Å². The van der Waals surface area contributed by atoms with Gasteiger partial charge in [0.2, 0.25) is 0 Å². The van der Waals surface area contributed by atoms with Gasteiger partial charge < -0.3 is 20.1 Å². The summed E-state index contributed by atoms with van der Waals surface area (Å²) in [6.45, 7) is 7.96. The molecule has 0 radical (unpaired) electrons. The van der Waals surface area contributed by atoms with Crippen molar-refractivity contribution in [3.05, 3.63) is 28.8 Å². The molecule has 0 aromatic heterocycles. The topological polar surface area (TPSA) is 61.8 Å². The van der Waals surface area contributed by atoms with E-state index in [0.717, 1.165) is 24.3 Å². The third kappa shape index (κ3) is 4.21. The van der Waals surface area contributed by atoms with Crippen LogP contribution in [0.1, 0.15) is 32.3 Å². The van der Waals surface area contributed by atoms with Crippen LogP contribution in [-0.2, 0) is 16.1 Å². The van der Waals surface area contributed by atoms with Crippen LogP contribution in [0.3, 0.4) is 0 Å². The van der Waals surface area contributed by atoms with Crippen LogP contribution in [0.4, 0.5) is 5.69 Å². The molecular weight excluding hydrogens is 328 g/mol. The van der Waals surface area contributed by atoms with E-state index in [0.29, 0.717) is 44.2 Å². The van der Waals surface area contributed by atoms with E-state index in [2.05, 4.69) is 16.3 Å². The number of nitrogens with one attached hydrogen (secondary N) is 1. The van der Waals surface area contributed by atoms with E-state index in [1.807, 2.05) is 26.0 Å². The lowest BCUT2D eigenvalue weighted by molar-refractivity contribution is -0.149. The summed E-state index contributed by atoms with van der Waals surface area (Å²) < 4.78 is 5.42. The van der Waals surface area contributed by atoms with Crippen LogP contribution in [0, 0.1) is 5.41 Å². The van der Waals surface area contributed by atoms with E-state index in [9.17, 15) is 9.90 Å². The molecule has 1 heterocycles. The Kier molecular flexibility index (Phi) is 6.90. The molecule has 1 aromatic carbocycles. The monoisotopic (exact) mass is 354 g/mol. The molecule has 0 unspecified atom stereocenters. The maximum Gasteiger partial charge on any atom is 0.310 e. The highest BCUT2D eigenvalue weighted by atomic mass is 35.5. The second-order valence-corrected chi connectivity index (χ2v) is 6.64. The first-order valence-corrected chi connectivity index (χ1v) is 8.96. The van der Waals surface area contributed by atoms with Crippen LogP contribution in [-0.4, -0.2) is 43.9 Å². The minimum atomic E-state index is -0.743. The molecule has 1 aliphatic rings. The Morgan fingerprint density at radius 3 is 2.58 bits per heavy atom. The van der Waals surface area contributed by atoms with Gasteiger partial charge in [0.1, 0.15) is 0 Å². The van der Waals surface area contributed by atoms with E-state index in [1.54, 1.807) is 0 Å². The number of aliphatic carboxylic acids is 1. The van der Waals surface area contributed by atoms with Gasteiger partial charge in [-0.1, -0.05) is 31.5 Å². The zero-order valence-corrected chi connectivity index (χ0v) is 15.2. The molecule has 0 spiro atoms. The molecule has 24 heavy (non-hydrogen) atoms. The highest BCUT2D eigenvalue weighted by molar-refractivity contribution is 6.31. The van der Waals surface area contributed by atoms with Crippen molar-refractivity contribution < 1.29 is 14.6 Å². The molecule has 0 aliphatic carbocycles. The summed E-state index contributed by atoms with van der Waals surface area (Å²) in [6, 6.07) is 5.90. The molecule has 1 fully saturated rings. The minimum absolute atomic E-state index is 0.434. The first kappa shape index (κ1) is 19.0. The molecule has 6 heteroatoms. The number of anilines is 1. The average Bonchev–Trinajstić information content (AvgIpc) is 2.60. The van der Waals surface area contributed by atoms with Crippen molar-refractivity contribution in [3.63, 3.8) is 0 Å². The number of benzene rings is 1. The third-order valence-electron chi connectivity index (χ3n) is 5.02. The molecular formula is C18H27ClN2O3. The Bertz CT molecular complexity index is 555. The Hall–Kier alpha value is -1.30. The summed E-state index contributed by atoms with van der Waals surface area (Å²) in [7, 11) is 0. The van der Waals surface area contributed by atoms with Crippen LogP contribution in [0.25, 0.3) is 0 Å². The zero-order valence-electron chi connectivity index (χ0n) is 14.5. The zero-order chi connectivity index (χ0) is 17.6. The average molecular weight is 355 g/mol. The summed E-state index contributed by atoms with van der Waals surface area (Å²) in [5.74, 6) is -0.743. The molecule has 0 saturated carbocycles. The molecule has 0 amide bonds. The quantitative estimate of drug-likeness (QED) is 0.751. The molecule has 1 aromatic rings. The standard InChI is InChI=1S/C18H27ClN2O3/c1-3-18(4-2,17(22)23)13-20-12-14-15(19)6-5-7-16(14)21-8-10-24-11-9-21/h5-7,20H,3-4,8-13H2,1-2H3,(H,22,23). The number of rotatable bonds is 8. The molecule has 5 nitrogen and oxygen atoms in total. The molecule has 1 saturated heterocycles. The van der Waals surface area contributed by atoms with Gasteiger partial charge in [0.25, 0.3) is 0 Å². The van der Waals surface area contributed by atoms with Crippen LogP contribution in [0.15, 0.2) is 18.2 Å². The first-order chi connectivity index (χ1) is 11.5. The minimum Gasteiger partial charge on any atom is -0.481 e. The fraction of sp³-hybridized carbons (Fsp3) is 0.611. The number of halogens is 1. The molecule has 0 bridgehead atoms. The van der Waals surface area contributed by atoms with Gasteiger partial charge in [0.05, 0.1) is 18.6 Å². The van der Waals surface area contributed by atoms with Gasteiger partial charge in [-0.3, -0.25) is 4.79 Å². The lowest BCUT2D eigenvalue weighted by Gasteiger charge is -2.32. The van der Waals surface area contributed by atoms with Crippen molar-refractivity contribution in [2.24, 2.45) is 5.41 Å². The van der Waals surface area contributed by atoms with E-state index < -0.39 is 11.4 Å². The van der Waals surface area contributed by atoms with Crippen molar-refractivity contribution in [1.82, 2.24) is 5.32 Å². The van der Waals surface area contributed by atoms with Crippen molar-refractivity contribution in [1.29, 1.82) is 0 Å². The van der Waals surface area contributed by atoms with Gasteiger partial charge in [-0.15, -0.1) is 0 Å². The fourth-order valence-corrected chi connectivity index (χ4v) is 3.36. The van der Waals surface area contributed by atoms with Crippen molar-refractivity contribution in [2.45, 2.75) is 33.2 Å². The van der Waals surface area contributed by atoms with E-state index in [-0.39, 0.29) is 0 Å². The number of carbonyl (C=O) groups is 1. The third-order valence-corrected chi connectivity index (χ3v) is 5.37. The predicted octanol–water partition coefficient (Wildman–Crippen LogP) is 3.16. The molecule has 2 N–H and O–H groups in total. The SMILES string of the molecule is CCC(CC)(CNCc1c(Cl)cccc1N1CCOCC1)C(=O)O. The molecule has 1 aliphatic heterocycles. The maximum absolute atomic E-state index is 11.6. The maximum atomic E-state index is 11.6. The Morgan fingerprint density at radius 2 is 2.00 bits per heavy atom. The smallest absolute Gasteiger partial charge is 0.310 e. The molecule has 134 valence electrons. The highest BCUT2D eigenvalue weighted by Crippen LogP contribution is 2.30. The number of carboxylic acid groups (broad SMARTS) is 1. The van der Waals surface area contributed by atoms with Crippen LogP contribution >= 0.6 is 11.6 Å². The Labute approximate surface area is 148 Å². The second-order valence-electron chi connectivity index (χ2n) is 6.23. The van der Waals surface area contributed by atoms with Crippen LogP contribution in [0.5, 0.6) is 0 Å². The largest absolute Gasteiger partial charge is 0.481 e. The van der Waals surface area contributed by atoms with E-state index in [1.165, 1.54) is 0 Å². The summed E-state index contributed by atoms with van der Waals surface area (Å²) in [6.07, 6.45) is 1.20.